The van der Waals surface area contributed by atoms with Gasteiger partial charge < -0.3 is 16.6 Å². The molecule has 0 saturated heterocycles. The molecule has 0 radical (unpaired) electrons. The Morgan fingerprint density at radius 2 is 1.96 bits per heavy atom. The van der Waals surface area contributed by atoms with Gasteiger partial charge in [-0.05, 0) is 43.5 Å². The van der Waals surface area contributed by atoms with Gasteiger partial charge in [-0.15, -0.1) is 0 Å². The molecule has 0 spiro atoms. The number of nitrogens with zero attached hydrogens (tertiary/aromatic N) is 1. The van der Waals surface area contributed by atoms with Crippen LogP contribution in [0.1, 0.15) is 33.1 Å². The van der Waals surface area contributed by atoms with Crippen LogP contribution in [0.2, 0.25) is 5.02 Å². The van der Waals surface area contributed by atoms with Crippen LogP contribution < -0.4 is 11.5 Å². The molecule has 0 fully saturated rings. The number of anilines is 1. The van der Waals surface area contributed by atoms with E-state index < -0.39 is 16.1 Å². The van der Waals surface area contributed by atoms with Crippen molar-refractivity contribution in [2.75, 3.05) is 25.4 Å². The molecular weight excluding hydrogens is 350 g/mol. The van der Waals surface area contributed by atoms with Crippen LogP contribution in [0.25, 0.3) is 0 Å². The predicted molar refractivity (Wildman–Crippen MR) is 98.4 cm³/mol. The Labute approximate surface area is 149 Å². The zero-order valence-corrected chi connectivity index (χ0v) is 15.9. The third-order valence-corrected chi connectivity index (χ3v) is 5.97. The van der Waals surface area contributed by atoms with Crippen LogP contribution in [0.3, 0.4) is 0 Å². The average Bonchev–Trinajstić information content (AvgIpc) is 2.52. The molecule has 0 aliphatic heterocycles. The SMILES string of the molecule is CC(C)CN(C(CO)CCCCN)S(=O)(=O)c1ccc(N)c(Cl)c1. The zero-order chi connectivity index (χ0) is 18.3. The second-order valence-corrected chi connectivity index (χ2v) is 8.57. The van der Waals surface area contributed by atoms with Crippen LogP contribution in [0.15, 0.2) is 23.1 Å². The molecule has 0 heterocycles. The van der Waals surface area contributed by atoms with Gasteiger partial charge in [0, 0.05) is 12.6 Å². The molecule has 1 atom stereocenters. The first-order chi connectivity index (χ1) is 11.2. The summed E-state index contributed by atoms with van der Waals surface area (Å²) in [5.74, 6) is 0.118. The van der Waals surface area contributed by atoms with E-state index in [1.54, 1.807) is 0 Å². The molecule has 1 unspecified atom stereocenters. The number of hydrogen-bond donors (Lipinski definition) is 3. The summed E-state index contributed by atoms with van der Waals surface area (Å²) >= 11 is 5.97. The van der Waals surface area contributed by atoms with Crippen molar-refractivity contribution in [3.63, 3.8) is 0 Å². The first-order valence-electron chi connectivity index (χ1n) is 8.11. The summed E-state index contributed by atoms with van der Waals surface area (Å²) < 4.78 is 27.5. The molecule has 0 amide bonds. The van der Waals surface area contributed by atoms with Gasteiger partial charge in [0.05, 0.1) is 22.2 Å². The molecule has 0 aromatic heterocycles. The lowest BCUT2D eigenvalue weighted by Gasteiger charge is -2.31. The van der Waals surface area contributed by atoms with E-state index >= 15 is 0 Å². The van der Waals surface area contributed by atoms with E-state index in [1.165, 1.54) is 22.5 Å². The molecule has 0 saturated carbocycles. The fourth-order valence-corrected chi connectivity index (χ4v) is 4.54. The topological polar surface area (TPSA) is 110 Å². The maximum Gasteiger partial charge on any atom is 0.243 e. The molecule has 0 bridgehead atoms. The first kappa shape index (κ1) is 21.2. The number of nitrogens with two attached hydrogens (primary N) is 2. The van der Waals surface area contributed by atoms with Gasteiger partial charge in [-0.3, -0.25) is 0 Å². The Morgan fingerprint density at radius 1 is 1.29 bits per heavy atom. The van der Waals surface area contributed by atoms with E-state index in [1.807, 2.05) is 13.8 Å². The number of halogens is 1. The summed E-state index contributed by atoms with van der Waals surface area (Å²) in [5.41, 5.74) is 11.5. The highest BCUT2D eigenvalue weighted by Crippen LogP contribution is 2.27. The largest absolute Gasteiger partial charge is 0.398 e. The maximum atomic E-state index is 13.1. The Bertz CT molecular complexity index is 623. The van der Waals surface area contributed by atoms with E-state index in [9.17, 15) is 13.5 Å². The maximum absolute atomic E-state index is 13.1. The van der Waals surface area contributed by atoms with Crippen molar-refractivity contribution >= 4 is 27.3 Å². The van der Waals surface area contributed by atoms with Gasteiger partial charge in [0.2, 0.25) is 10.0 Å². The minimum atomic E-state index is -3.78. The van der Waals surface area contributed by atoms with E-state index in [4.69, 9.17) is 23.1 Å². The van der Waals surface area contributed by atoms with Crippen LogP contribution in [0.4, 0.5) is 5.69 Å². The summed E-state index contributed by atoms with van der Waals surface area (Å²) in [6, 6.07) is 3.79. The van der Waals surface area contributed by atoms with E-state index in [0.29, 0.717) is 25.2 Å². The lowest BCUT2D eigenvalue weighted by molar-refractivity contribution is 0.168. The predicted octanol–water partition coefficient (Wildman–Crippen LogP) is 2.06. The number of nitrogen functional groups attached to an aromatic ring is 1. The van der Waals surface area contributed by atoms with Gasteiger partial charge in [-0.2, -0.15) is 4.31 Å². The third-order valence-electron chi connectivity index (χ3n) is 3.73. The van der Waals surface area contributed by atoms with Crippen LogP contribution in [-0.2, 0) is 10.0 Å². The van der Waals surface area contributed by atoms with Gasteiger partial charge >= 0.3 is 0 Å². The highest BCUT2D eigenvalue weighted by molar-refractivity contribution is 7.89. The van der Waals surface area contributed by atoms with E-state index in [2.05, 4.69) is 0 Å². The number of benzene rings is 1. The van der Waals surface area contributed by atoms with Crippen molar-refractivity contribution in [2.24, 2.45) is 11.7 Å². The van der Waals surface area contributed by atoms with Crippen LogP contribution in [-0.4, -0.2) is 43.6 Å². The van der Waals surface area contributed by atoms with Gasteiger partial charge in [0.15, 0.2) is 0 Å². The standard InChI is InChI=1S/C16H28ClN3O3S/c1-12(2)10-20(13(11-21)5-3-4-8-18)24(22,23)14-6-7-16(19)15(17)9-14/h6-7,9,12-13,21H,3-5,8,10-11,18-19H2,1-2H3. The molecule has 5 N–H and O–H groups in total. The highest BCUT2D eigenvalue weighted by atomic mass is 35.5. The summed E-state index contributed by atoms with van der Waals surface area (Å²) in [6.45, 7) is 4.50. The number of sulfonamides is 1. The van der Waals surface area contributed by atoms with Gasteiger partial charge in [-0.25, -0.2) is 8.42 Å². The van der Waals surface area contributed by atoms with E-state index in [0.717, 1.165) is 12.8 Å². The smallest absolute Gasteiger partial charge is 0.243 e. The number of aliphatic hydroxyl groups excluding tert-OH is 1. The number of aliphatic hydroxyl groups is 1. The van der Waals surface area contributed by atoms with Gasteiger partial charge in [0.25, 0.3) is 0 Å². The second kappa shape index (κ2) is 9.58. The van der Waals surface area contributed by atoms with Crippen molar-refractivity contribution < 1.29 is 13.5 Å². The summed E-state index contributed by atoms with van der Waals surface area (Å²) in [7, 11) is -3.78. The highest BCUT2D eigenvalue weighted by Gasteiger charge is 2.31. The molecule has 8 heteroatoms. The third kappa shape index (κ3) is 5.60. The minimum absolute atomic E-state index is 0.0830. The molecule has 24 heavy (non-hydrogen) atoms. The van der Waals surface area contributed by atoms with Crippen LogP contribution in [0, 0.1) is 5.92 Å². The molecule has 0 aliphatic carbocycles. The Kier molecular flexibility index (Phi) is 8.45. The molecule has 1 aromatic rings. The number of hydrogen-bond acceptors (Lipinski definition) is 5. The minimum Gasteiger partial charge on any atom is -0.398 e. The fourth-order valence-electron chi connectivity index (χ4n) is 2.46. The lowest BCUT2D eigenvalue weighted by Crippen LogP contribution is -2.44. The lowest BCUT2D eigenvalue weighted by atomic mass is 10.1. The molecular formula is C16H28ClN3O3S. The fraction of sp³-hybridized carbons (Fsp3) is 0.625. The van der Waals surface area contributed by atoms with E-state index in [-0.39, 0.29) is 22.4 Å². The van der Waals surface area contributed by atoms with Crippen molar-refractivity contribution in [3.05, 3.63) is 23.2 Å². The Morgan fingerprint density at radius 3 is 2.46 bits per heavy atom. The Balaban J connectivity index is 3.17. The van der Waals surface area contributed by atoms with Crippen molar-refractivity contribution in [1.82, 2.24) is 4.31 Å². The zero-order valence-electron chi connectivity index (χ0n) is 14.3. The van der Waals surface area contributed by atoms with Crippen LogP contribution in [0.5, 0.6) is 0 Å². The van der Waals surface area contributed by atoms with Gasteiger partial charge in [-0.1, -0.05) is 31.9 Å². The quantitative estimate of drug-likeness (QED) is 0.427. The summed E-state index contributed by atoms with van der Waals surface area (Å²) in [5, 5.41) is 9.93. The Hall–Kier alpha value is -0.860. The monoisotopic (exact) mass is 377 g/mol. The second-order valence-electron chi connectivity index (χ2n) is 6.27. The molecule has 6 nitrogen and oxygen atoms in total. The van der Waals surface area contributed by atoms with Crippen molar-refractivity contribution in [3.8, 4) is 0 Å². The average molecular weight is 378 g/mol. The molecule has 1 rings (SSSR count). The molecule has 1 aromatic carbocycles. The number of unbranched alkanes of at least 4 members (excludes halogenated alkanes) is 1. The molecule has 138 valence electrons. The van der Waals surface area contributed by atoms with Crippen LogP contribution >= 0.6 is 11.6 Å². The molecule has 0 aliphatic rings. The van der Waals surface area contributed by atoms with Crippen molar-refractivity contribution in [2.45, 2.75) is 44.0 Å². The first-order valence-corrected chi connectivity index (χ1v) is 9.93. The van der Waals surface area contributed by atoms with Crippen molar-refractivity contribution in [1.29, 1.82) is 0 Å². The summed E-state index contributed by atoms with van der Waals surface area (Å²) in [4.78, 5) is 0.0830. The summed E-state index contributed by atoms with van der Waals surface area (Å²) in [6.07, 6.45) is 2.11. The number of rotatable bonds is 10. The van der Waals surface area contributed by atoms with Gasteiger partial charge in [0.1, 0.15) is 0 Å². The normalized spacial score (nSPS) is 13.6.